The maximum Gasteiger partial charge on any atom is 0.343 e. The second kappa shape index (κ2) is 12.7. The second-order valence-corrected chi connectivity index (χ2v) is 8.73. The van der Waals surface area contributed by atoms with Gasteiger partial charge in [0, 0.05) is 26.7 Å². The van der Waals surface area contributed by atoms with E-state index in [2.05, 4.69) is 19.9 Å². The van der Waals surface area contributed by atoms with E-state index >= 15 is 0 Å². The summed E-state index contributed by atoms with van der Waals surface area (Å²) < 4.78 is 16.3. The molecule has 0 spiro atoms. The van der Waals surface area contributed by atoms with Crippen molar-refractivity contribution < 1.29 is 23.5 Å². The summed E-state index contributed by atoms with van der Waals surface area (Å²) in [6.45, 7) is 10.8. The molecule has 34 heavy (non-hydrogen) atoms. The summed E-state index contributed by atoms with van der Waals surface area (Å²) in [4.78, 5) is 36.0. The molecule has 0 aliphatic heterocycles. The molecule has 0 bridgehead atoms. The van der Waals surface area contributed by atoms with Crippen molar-refractivity contribution in [1.82, 2.24) is 0 Å². The fourth-order valence-corrected chi connectivity index (χ4v) is 3.61. The highest BCUT2D eigenvalue weighted by Gasteiger charge is 2.17. The molecule has 182 valence electrons. The lowest BCUT2D eigenvalue weighted by atomic mass is 10.0. The number of ether oxygens (including phenoxy) is 2. The monoisotopic (exact) mass is 466 g/mol. The van der Waals surface area contributed by atoms with Crippen LogP contribution in [0.2, 0.25) is 0 Å². The first-order valence-corrected chi connectivity index (χ1v) is 11.4. The zero-order valence-electron chi connectivity index (χ0n) is 20.9. The number of para-hydroxylation sites is 1. The van der Waals surface area contributed by atoms with Crippen molar-refractivity contribution in [3.05, 3.63) is 75.2 Å². The normalized spacial score (nSPS) is 12.9. The quantitative estimate of drug-likeness (QED) is 0.235. The molecule has 0 amide bonds. The molecule has 6 nitrogen and oxygen atoms in total. The minimum absolute atomic E-state index is 0.218. The Bertz CT molecular complexity index is 1180. The van der Waals surface area contributed by atoms with E-state index in [0.29, 0.717) is 17.4 Å². The van der Waals surface area contributed by atoms with Crippen LogP contribution in [0, 0.1) is 0 Å². The van der Waals surface area contributed by atoms with Gasteiger partial charge in [-0.2, -0.15) is 0 Å². The van der Waals surface area contributed by atoms with Crippen LogP contribution < -0.4 is 10.4 Å². The molecule has 1 unspecified atom stereocenters. The van der Waals surface area contributed by atoms with Gasteiger partial charge in [0.15, 0.2) is 5.75 Å². The van der Waals surface area contributed by atoms with E-state index in [1.54, 1.807) is 24.3 Å². The summed E-state index contributed by atoms with van der Waals surface area (Å²) in [5.41, 5.74) is 3.42. The Morgan fingerprint density at radius 3 is 2.32 bits per heavy atom. The van der Waals surface area contributed by atoms with Gasteiger partial charge in [0.25, 0.3) is 0 Å². The van der Waals surface area contributed by atoms with Gasteiger partial charge in [0.1, 0.15) is 11.7 Å². The third-order valence-electron chi connectivity index (χ3n) is 5.16. The van der Waals surface area contributed by atoms with Crippen molar-refractivity contribution >= 4 is 22.9 Å². The molecule has 2 rings (SSSR count). The van der Waals surface area contributed by atoms with Crippen LogP contribution >= 0.6 is 0 Å². The van der Waals surface area contributed by atoms with Gasteiger partial charge in [-0.25, -0.2) is 4.79 Å². The molecule has 1 aromatic carbocycles. The number of rotatable bonds is 10. The van der Waals surface area contributed by atoms with Crippen molar-refractivity contribution in [2.75, 3.05) is 0 Å². The number of allylic oxidation sites excluding steroid dienone is 4. The molecule has 0 radical (unpaired) electrons. The minimum Gasteiger partial charge on any atom is -0.458 e. The van der Waals surface area contributed by atoms with Crippen molar-refractivity contribution in [2.45, 2.75) is 73.3 Å². The Hall–Kier alpha value is -3.41. The van der Waals surface area contributed by atoms with E-state index in [1.165, 1.54) is 19.4 Å². The highest BCUT2D eigenvalue weighted by Crippen LogP contribution is 2.28. The SMILES string of the molecule is CC(=O)Oc1c(C/C=C(\C)CC(/C=C(\C)CCC=C(C)C)OC(C)=O)c(=O)oc2ccccc12. The Morgan fingerprint density at radius 2 is 1.68 bits per heavy atom. The predicted molar refractivity (Wildman–Crippen MR) is 134 cm³/mol. The molecular formula is C28H34O6. The fourth-order valence-electron chi connectivity index (χ4n) is 3.61. The number of hydrogen-bond acceptors (Lipinski definition) is 6. The van der Waals surface area contributed by atoms with Gasteiger partial charge in [-0.05, 0) is 58.7 Å². The number of hydrogen-bond donors (Lipinski definition) is 0. The summed E-state index contributed by atoms with van der Waals surface area (Å²) in [5, 5.41) is 0.561. The molecule has 0 aliphatic rings. The standard InChI is InChI=1S/C28H34O6/c1-18(2)10-9-11-19(3)16-23(32-21(5)29)17-20(4)14-15-25-27(33-22(6)30)24-12-7-8-13-26(24)34-28(25)31/h7-8,10,12-14,16,23H,9,11,15,17H2,1-6H3/b19-16+,20-14+. The lowest BCUT2D eigenvalue weighted by molar-refractivity contribution is -0.144. The van der Waals surface area contributed by atoms with Gasteiger partial charge < -0.3 is 13.9 Å². The van der Waals surface area contributed by atoms with Crippen LogP contribution in [-0.4, -0.2) is 18.0 Å². The summed E-state index contributed by atoms with van der Waals surface area (Å²) >= 11 is 0. The molecule has 2 aromatic rings. The molecule has 0 saturated heterocycles. The van der Waals surface area contributed by atoms with Gasteiger partial charge in [0.2, 0.25) is 0 Å². The minimum atomic E-state index is -0.550. The van der Waals surface area contributed by atoms with Crippen LogP contribution in [0.4, 0.5) is 0 Å². The highest BCUT2D eigenvalue weighted by molar-refractivity contribution is 5.87. The van der Waals surface area contributed by atoms with Gasteiger partial charge in [-0.15, -0.1) is 0 Å². The maximum atomic E-state index is 12.6. The summed E-state index contributed by atoms with van der Waals surface area (Å²) in [6, 6.07) is 6.94. The predicted octanol–water partition coefficient (Wildman–Crippen LogP) is 6.22. The van der Waals surface area contributed by atoms with Crippen LogP contribution in [0.25, 0.3) is 11.0 Å². The van der Waals surface area contributed by atoms with Crippen molar-refractivity contribution in [1.29, 1.82) is 0 Å². The zero-order valence-corrected chi connectivity index (χ0v) is 20.9. The van der Waals surface area contributed by atoms with Gasteiger partial charge in [-0.3, -0.25) is 9.59 Å². The number of carbonyl (C=O) groups excluding carboxylic acids is 2. The third kappa shape index (κ3) is 8.50. The van der Waals surface area contributed by atoms with E-state index in [1.807, 2.05) is 26.0 Å². The molecule has 0 N–H and O–H groups in total. The number of benzene rings is 1. The van der Waals surface area contributed by atoms with Gasteiger partial charge in [0.05, 0.1) is 10.9 Å². The Morgan fingerprint density at radius 1 is 0.971 bits per heavy atom. The molecule has 0 fully saturated rings. The van der Waals surface area contributed by atoms with Crippen molar-refractivity contribution in [2.24, 2.45) is 0 Å². The summed E-state index contributed by atoms with van der Waals surface area (Å²) in [7, 11) is 0. The van der Waals surface area contributed by atoms with Gasteiger partial charge >= 0.3 is 17.6 Å². The number of carbonyl (C=O) groups is 2. The van der Waals surface area contributed by atoms with Crippen LogP contribution in [-0.2, 0) is 20.7 Å². The van der Waals surface area contributed by atoms with E-state index in [0.717, 1.165) is 24.0 Å². The topological polar surface area (TPSA) is 82.8 Å². The van der Waals surface area contributed by atoms with Crippen LogP contribution in [0.15, 0.2) is 68.4 Å². The zero-order chi connectivity index (χ0) is 25.3. The Labute approximate surface area is 200 Å². The highest BCUT2D eigenvalue weighted by atomic mass is 16.5. The second-order valence-electron chi connectivity index (χ2n) is 8.73. The lowest BCUT2D eigenvalue weighted by Crippen LogP contribution is -2.15. The molecular weight excluding hydrogens is 432 g/mol. The fraction of sp³-hybridized carbons (Fsp3) is 0.393. The maximum absolute atomic E-state index is 12.6. The Kier molecular flexibility index (Phi) is 10.0. The first-order valence-electron chi connectivity index (χ1n) is 11.4. The molecule has 1 atom stereocenters. The number of fused-ring (bicyclic) bond motifs is 1. The molecule has 6 heteroatoms. The lowest BCUT2D eigenvalue weighted by Gasteiger charge is -2.15. The van der Waals surface area contributed by atoms with Gasteiger partial charge in [-0.1, -0.05) is 41.0 Å². The smallest absolute Gasteiger partial charge is 0.343 e. The molecule has 1 aromatic heterocycles. The van der Waals surface area contributed by atoms with E-state index in [4.69, 9.17) is 13.9 Å². The first-order chi connectivity index (χ1) is 16.1. The van der Waals surface area contributed by atoms with E-state index in [-0.39, 0.29) is 23.7 Å². The summed E-state index contributed by atoms with van der Waals surface area (Å²) in [5.74, 6) is -0.644. The van der Waals surface area contributed by atoms with E-state index < -0.39 is 17.7 Å². The van der Waals surface area contributed by atoms with Crippen molar-refractivity contribution in [3.63, 3.8) is 0 Å². The molecule has 0 saturated carbocycles. The average Bonchev–Trinajstić information content (AvgIpc) is 2.72. The van der Waals surface area contributed by atoms with Crippen molar-refractivity contribution in [3.8, 4) is 5.75 Å². The molecule has 1 heterocycles. The van der Waals surface area contributed by atoms with Crippen LogP contribution in [0.1, 0.15) is 66.4 Å². The Balaban J connectivity index is 2.27. The summed E-state index contributed by atoms with van der Waals surface area (Å²) in [6.07, 6.45) is 8.15. The number of esters is 2. The largest absolute Gasteiger partial charge is 0.458 e. The average molecular weight is 467 g/mol. The van der Waals surface area contributed by atoms with Crippen LogP contribution in [0.5, 0.6) is 5.75 Å². The molecule has 0 aliphatic carbocycles. The van der Waals surface area contributed by atoms with Crippen LogP contribution in [0.3, 0.4) is 0 Å². The first kappa shape index (κ1) is 26.8. The third-order valence-corrected chi connectivity index (χ3v) is 5.16. The van der Waals surface area contributed by atoms with E-state index in [9.17, 15) is 14.4 Å².